The average Bonchev–Trinajstić information content (AvgIpc) is 1.86. The van der Waals surface area contributed by atoms with E-state index in [1.54, 1.807) is 78.1 Å². The number of nitrogens with two attached hydrogens (primary N) is 18. The number of guanidine groups is 18. The topological polar surface area (TPSA) is 926 Å². The maximum absolute atomic E-state index is 7.82. The molecule has 54 nitrogen and oxygen atoms in total. The van der Waals surface area contributed by atoms with Crippen molar-refractivity contribution in [1.82, 2.24) is 89.8 Å². The van der Waals surface area contributed by atoms with Gasteiger partial charge in [-0.2, -0.15) is 30.0 Å². The van der Waals surface area contributed by atoms with E-state index in [0.717, 1.165) is 163 Å². The van der Waals surface area contributed by atoms with Crippen LogP contribution in [0.15, 0.2) is 179 Å². The molecule has 0 aliphatic heterocycles. The van der Waals surface area contributed by atoms with Gasteiger partial charge in [-0.25, -0.2) is 0 Å². The van der Waals surface area contributed by atoms with Crippen LogP contribution < -0.4 is 114 Å². The van der Waals surface area contributed by atoms with Gasteiger partial charge >= 0.3 is 0 Å². The lowest BCUT2D eigenvalue weighted by molar-refractivity contribution is 0.447. The molecular formula is C93H168N54. The average molecular weight is 2040 g/mol. The van der Waals surface area contributed by atoms with Gasteiger partial charge < -0.3 is 178 Å². The first-order valence-electron chi connectivity index (χ1n) is 46.6. The van der Waals surface area contributed by atoms with Crippen molar-refractivity contribution in [2.24, 2.45) is 173 Å². The van der Waals surface area contributed by atoms with Gasteiger partial charge in [-0.05, 0) is 172 Å². The second kappa shape index (κ2) is 69.9. The number of aryl methyl sites for hydroxylation is 9. The highest BCUT2D eigenvalue weighted by Gasteiger charge is 2.15. The van der Waals surface area contributed by atoms with Gasteiger partial charge in [0.25, 0.3) is 0 Å². The van der Waals surface area contributed by atoms with Gasteiger partial charge in [-0.3, -0.25) is 76.7 Å². The molecule has 9 aromatic heterocycles. The molecule has 0 spiro atoms. The van der Waals surface area contributed by atoms with Crippen molar-refractivity contribution in [3.63, 3.8) is 0 Å². The Morgan fingerprint density at radius 3 is 0.891 bits per heavy atom. The molecule has 0 saturated carbocycles. The van der Waals surface area contributed by atoms with Crippen LogP contribution in [-0.2, 0) is 57.8 Å². The fourth-order valence-electron chi connectivity index (χ4n) is 11.8. The summed E-state index contributed by atoms with van der Waals surface area (Å²) in [6.45, 7) is 24.2. The van der Waals surface area contributed by atoms with E-state index in [1.165, 1.54) is 26.9 Å². The molecule has 0 fully saturated rings. The summed E-state index contributed by atoms with van der Waals surface area (Å²) in [5, 5.41) is 35.5. The van der Waals surface area contributed by atoms with E-state index >= 15 is 0 Å². The molecule has 9 aromatic rings. The highest BCUT2D eigenvalue weighted by Crippen LogP contribution is 2.10. The molecule has 147 heavy (non-hydrogen) atoms. The van der Waals surface area contributed by atoms with E-state index in [2.05, 4.69) is 156 Å². The summed E-state index contributed by atoms with van der Waals surface area (Å²) in [7, 11) is 20.7. The highest BCUT2D eigenvalue weighted by atomic mass is 15.4. The first-order chi connectivity index (χ1) is 69.2. The maximum atomic E-state index is 7.82. The van der Waals surface area contributed by atoms with E-state index in [9.17, 15) is 0 Å². The first-order valence-corrected chi connectivity index (χ1v) is 46.6. The summed E-state index contributed by atoms with van der Waals surface area (Å²) in [6, 6.07) is 36.7. The van der Waals surface area contributed by atoms with Crippen LogP contribution in [0.4, 0.5) is 0 Å². The van der Waals surface area contributed by atoms with E-state index in [0.29, 0.717) is 63.1 Å². The third-order valence-electron chi connectivity index (χ3n) is 20.0. The van der Waals surface area contributed by atoms with Crippen molar-refractivity contribution >= 4 is 107 Å². The minimum atomic E-state index is -0.127. The van der Waals surface area contributed by atoms with Crippen LogP contribution >= 0.6 is 0 Å². The molecule has 54 heteroatoms. The molecule has 9 rings (SSSR count). The standard InChI is InChI=1S/4C11H20N6.4C10H18N6.C9H16N6/c1-8-4-5-9(15-8)6-7-14-10(12)16-11(13)17(2)3;1-8-4-5-9(15-8)6-7-17(3)11(13)16-10(12)14-2;1-8-4-5-9(15-8)6-7-16(2)11(14)17(3)10(12)13;1-8-4-5-9(15-8)6-7-17(3)11(14-2)16-10(12)13;1-7-3-4-8(15-7)5-6-14-10(12)16-9(11)13-2;1-7-3-4-8(14-7)5-6-16(2)10(13)15-9(11)12;1-7-3-4-8(15-7)5-6-14-10(13)16(2)9(11)12;1-7-3-4-8(15-7)5-6-14-10(13-2)16-9(11)12;1-6-2-3-7(14-6)4-5-13-9(12)15-8(10)11/h2*4-5,15H,6-7H2,1-3H3,(H4,12,13,14,16);4-5,14-15H,6-7H2,1-3H3,(H3,12,13);4-5,15H,6-7H2,1-3H3,(H4,12,13,14,16);3-4,15H,5-6H2,1-2H3,(H5,11,12,13,14,16);3-4,14H,5-6H2,1-2H3,(H5,11,12,13,15);3-4,15H,5-6H2,1-2H3,(H3,11,12)(H2,13,14);3-4,15H,5-6H2,1-2H3,(H5,11,12,13,14,16);2-3,14H,4-5H2,1H3,(H6,10,11,12,13,15). The predicted octanol–water partition coefficient (Wildman–Crippen LogP) is -0.379. The summed E-state index contributed by atoms with van der Waals surface area (Å²) >= 11 is 0. The number of hydrogen-bond acceptors (Lipinski definition) is 12. The zero-order chi connectivity index (χ0) is 111. The Balaban J connectivity index is 0.000000827. The summed E-state index contributed by atoms with van der Waals surface area (Å²) in [5.41, 5.74) is 118. The molecule has 51 N–H and O–H groups in total. The smallest absolute Gasteiger partial charge is 0.223 e. The summed E-state index contributed by atoms with van der Waals surface area (Å²) in [5.74, 6) is 2.92. The second-order valence-corrected chi connectivity index (χ2v) is 33.3. The molecule has 0 aliphatic carbocycles. The van der Waals surface area contributed by atoms with Gasteiger partial charge in [0.15, 0.2) is 71.5 Å². The Bertz CT molecular complexity index is 5790. The number of aromatic amines is 9. The lowest BCUT2D eigenvalue weighted by atomic mass is 10.3. The minimum Gasteiger partial charge on any atom is -0.370 e. The van der Waals surface area contributed by atoms with Crippen LogP contribution in [-0.4, -0.2) is 330 Å². The molecule has 9 heterocycles. The number of aliphatic imine (C=N–C) groups is 14. The molecular weight excluding hydrogens is 1870 g/mol. The zero-order valence-corrected chi connectivity index (χ0v) is 89.4. The van der Waals surface area contributed by atoms with Crippen molar-refractivity contribution in [1.29, 1.82) is 21.6 Å². The predicted molar refractivity (Wildman–Crippen MR) is 608 cm³/mol. The number of likely N-dealkylation sites (N-methyl/N-ethyl adjacent to an activating group) is 4. The Labute approximate surface area is 862 Å². The van der Waals surface area contributed by atoms with Crippen molar-refractivity contribution in [3.05, 3.63) is 212 Å². The molecule has 0 saturated heterocycles. The van der Waals surface area contributed by atoms with Gasteiger partial charge in [0, 0.05) is 304 Å². The first kappa shape index (κ1) is 127. The molecule has 0 bridgehead atoms. The second-order valence-electron chi connectivity index (χ2n) is 33.3. The fraction of sp³-hybridized carbons (Fsp3) is 0.419. The minimum absolute atomic E-state index is 0.00354. The maximum Gasteiger partial charge on any atom is 0.223 e. The van der Waals surface area contributed by atoms with Gasteiger partial charge in [-0.15, -0.1) is 0 Å². The van der Waals surface area contributed by atoms with Gasteiger partial charge in [0.1, 0.15) is 0 Å². The molecule has 0 radical (unpaired) electrons. The Morgan fingerprint density at radius 2 is 0.585 bits per heavy atom. The zero-order valence-electron chi connectivity index (χ0n) is 89.4. The number of nitrogens with one attached hydrogen (secondary N) is 15. The summed E-state index contributed by atoms with van der Waals surface area (Å²) in [6.07, 6.45) is 7.51. The van der Waals surface area contributed by atoms with E-state index in [-0.39, 0.29) is 83.4 Å². The SMILES string of the molecule is CN=C(N)N=C(N)N(C)CCc1ccc(C)[nH]1.CN=C(N)NC(N)=NCCc1ccc(C)[nH]1.CN=C(N=C(N)N)N(C)CCc1ccc(C)[nH]1.CN=C(N=C(N)N)NCCc1ccc(C)[nH]1.Cc1ccc(CCN(C)C(=N)N(C)C(=N)N)[nH]1.Cc1ccc(CCN(C)C(=N)N=C(N)N)[nH]1.Cc1ccc(CCN=C(N)N(C)C(=N)N)[nH]1.Cc1ccc(CCN=C(N)N=C(N)N(C)C)[nH]1.Cc1ccc(CCN=C(N)N=C(N)N)[nH]1. The van der Waals surface area contributed by atoms with Crippen molar-refractivity contribution in [2.75, 3.05) is 143 Å². The lowest BCUT2D eigenvalue weighted by Crippen LogP contribution is -2.46. The molecule has 0 unspecified atom stereocenters. The van der Waals surface area contributed by atoms with Gasteiger partial charge in [-0.1, -0.05) is 0 Å². The van der Waals surface area contributed by atoms with E-state index in [1.807, 2.05) is 172 Å². The van der Waals surface area contributed by atoms with Gasteiger partial charge in [0.05, 0.1) is 0 Å². The van der Waals surface area contributed by atoms with Crippen LogP contribution in [0.1, 0.15) is 102 Å². The number of nitrogens with zero attached hydrogens (tertiary/aromatic N) is 21. The van der Waals surface area contributed by atoms with E-state index < -0.39 is 0 Å². The van der Waals surface area contributed by atoms with Crippen molar-refractivity contribution in [2.45, 2.75) is 120 Å². The number of rotatable bonds is 27. The van der Waals surface area contributed by atoms with Crippen LogP contribution in [0.5, 0.6) is 0 Å². The quantitative estimate of drug-likeness (QED) is 0.0230. The number of aromatic nitrogens is 9. The van der Waals surface area contributed by atoms with E-state index in [4.69, 9.17) is 125 Å². The highest BCUT2D eigenvalue weighted by molar-refractivity contribution is 5.99. The number of H-pyrrole nitrogens is 9. The summed E-state index contributed by atoms with van der Waals surface area (Å²) < 4.78 is 0. The molecule has 0 aromatic carbocycles. The molecule has 810 valence electrons. The normalized spacial score (nSPS) is 11.6. The molecule has 0 atom stereocenters. The summed E-state index contributed by atoms with van der Waals surface area (Å²) in [4.78, 5) is 95.4. The van der Waals surface area contributed by atoms with Crippen molar-refractivity contribution in [3.8, 4) is 0 Å². The monoisotopic (exact) mass is 2040 g/mol. The van der Waals surface area contributed by atoms with Crippen molar-refractivity contribution < 1.29 is 0 Å². The Morgan fingerprint density at radius 1 is 0.279 bits per heavy atom. The Hall–Kier alpha value is -17.8. The van der Waals surface area contributed by atoms with Crippen LogP contribution in [0.2, 0.25) is 0 Å². The fourth-order valence-corrected chi connectivity index (χ4v) is 11.8. The van der Waals surface area contributed by atoms with Crippen LogP contribution in [0.25, 0.3) is 0 Å². The molecule has 0 aliphatic rings. The van der Waals surface area contributed by atoms with Crippen LogP contribution in [0, 0.1) is 84.0 Å². The largest absolute Gasteiger partial charge is 0.370 e. The Kier molecular flexibility index (Phi) is 60.5. The van der Waals surface area contributed by atoms with Gasteiger partial charge in [0.2, 0.25) is 35.8 Å². The molecule has 0 amide bonds. The number of hydrogen-bond donors (Lipinski definition) is 33. The third-order valence-corrected chi connectivity index (χ3v) is 20.0. The third kappa shape index (κ3) is 59.5. The van der Waals surface area contributed by atoms with Crippen LogP contribution in [0.3, 0.4) is 0 Å². The lowest BCUT2D eigenvalue weighted by Gasteiger charge is -2.26.